The first-order chi connectivity index (χ1) is 8.75. The third-order valence-electron chi connectivity index (χ3n) is 3.23. The maximum absolute atomic E-state index is 12.1. The number of hydrogen-bond donors (Lipinski definition) is 1. The average Bonchev–Trinajstić information content (AvgIpc) is 2.39. The fraction of sp³-hybridized carbons (Fsp3) is 0.133. The summed E-state index contributed by atoms with van der Waals surface area (Å²) in [4.78, 5) is 12.1. The molecule has 0 spiro atoms. The second-order valence-corrected chi connectivity index (χ2v) is 5.25. The van der Waals surface area contributed by atoms with Crippen LogP contribution in [0.3, 0.4) is 0 Å². The number of benzene rings is 2. The van der Waals surface area contributed by atoms with Crippen LogP contribution in [0.5, 0.6) is 0 Å². The maximum atomic E-state index is 12.1. The zero-order valence-electron chi connectivity index (χ0n) is 9.69. The number of halogens is 1. The van der Waals surface area contributed by atoms with Gasteiger partial charge in [0.2, 0.25) is 0 Å². The summed E-state index contributed by atoms with van der Waals surface area (Å²) in [6, 6.07) is 15.7. The molecule has 0 radical (unpaired) electrons. The summed E-state index contributed by atoms with van der Waals surface area (Å²) < 4.78 is 1.04. The Hall–Kier alpha value is -1.61. The Morgan fingerprint density at radius 2 is 1.78 bits per heavy atom. The van der Waals surface area contributed by atoms with E-state index < -0.39 is 0 Å². The van der Waals surface area contributed by atoms with Gasteiger partial charge in [-0.2, -0.15) is 0 Å². The molecule has 1 aliphatic heterocycles. The highest BCUT2D eigenvalue weighted by Gasteiger charge is 2.25. The molecule has 1 aliphatic rings. The number of Topliss-reactive ketones (excluding diaryl/α,β-unsaturated/α-hetero) is 1. The zero-order chi connectivity index (χ0) is 12.5. The van der Waals surface area contributed by atoms with Crippen molar-refractivity contribution in [3.05, 3.63) is 64.1 Å². The van der Waals surface area contributed by atoms with E-state index in [0.29, 0.717) is 6.42 Å². The fourth-order valence-electron chi connectivity index (χ4n) is 2.33. The lowest BCUT2D eigenvalue weighted by molar-refractivity contribution is 0.0972. The molecule has 1 N–H and O–H groups in total. The monoisotopic (exact) mass is 301 g/mol. The summed E-state index contributed by atoms with van der Waals surface area (Å²) in [7, 11) is 0. The van der Waals surface area contributed by atoms with Gasteiger partial charge in [-0.25, -0.2) is 0 Å². The summed E-state index contributed by atoms with van der Waals surface area (Å²) >= 11 is 3.54. The molecule has 0 aromatic heterocycles. The first-order valence-corrected chi connectivity index (χ1v) is 6.68. The van der Waals surface area contributed by atoms with Gasteiger partial charge in [0.05, 0.1) is 6.04 Å². The minimum absolute atomic E-state index is 0.0444. The molecule has 0 bridgehead atoms. The van der Waals surface area contributed by atoms with E-state index >= 15 is 0 Å². The predicted molar refractivity (Wildman–Crippen MR) is 75.9 cm³/mol. The van der Waals surface area contributed by atoms with Crippen LogP contribution in [0, 0.1) is 0 Å². The van der Waals surface area contributed by atoms with Gasteiger partial charge < -0.3 is 5.32 Å². The molecule has 18 heavy (non-hydrogen) atoms. The summed E-state index contributed by atoms with van der Waals surface area (Å²) in [6.07, 6.45) is 0.500. The topological polar surface area (TPSA) is 29.1 Å². The molecule has 0 aliphatic carbocycles. The SMILES string of the molecule is O=C1CC(c2ccccc2Br)Nc2ccccc21. The summed E-state index contributed by atoms with van der Waals surface area (Å²) in [5.74, 6) is 0.199. The molecule has 2 aromatic rings. The van der Waals surface area contributed by atoms with Crippen LogP contribution < -0.4 is 5.32 Å². The van der Waals surface area contributed by atoms with E-state index in [-0.39, 0.29) is 11.8 Å². The molecular weight excluding hydrogens is 290 g/mol. The van der Waals surface area contributed by atoms with Gasteiger partial charge in [0.1, 0.15) is 0 Å². The Morgan fingerprint density at radius 1 is 1.06 bits per heavy atom. The van der Waals surface area contributed by atoms with Gasteiger partial charge in [-0.3, -0.25) is 4.79 Å². The second-order valence-electron chi connectivity index (χ2n) is 4.39. The van der Waals surface area contributed by atoms with Crippen molar-refractivity contribution < 1.29 is 4.79 Å². The second kappa shape index (κ2) is 4.58. The number of anilines is 1. The van der Waals surface area contributed by atoms with Gasteiger partial charge in [0, 0.05) is 22.1 Å². The van der Waals surface area contributed by atoms with E-state index in [1.807, 2.05) is 48.5 Å². The van der Waals surface area contributed by atoms with E-state index in [1.165, 1.54) is 0 Å². The lowest BCUT2D eigenvalue weighted by Gasteiger charge is -2.27. The Bertz CT molecular complexity index is 609. The molecule has 0 saturated heterocycles. The first-order valence-electron chi connectivity index (χ1n) is 5.89. The molecule has 3 heteroatoms. The van der Waals surface area contributed by atoms with Crippen molar-refractivity contribution in [2.75, 3.05) is 5.32 Å². The van der Waals surface area contributed by atoms with Crippen LogP contribution in [0.2, 0.25) is 0 Å². The number of rotatable bonds is 1. The standard InChI is InChI=1S/C15H12BrNO/c16-12-7-3-1-5-10(12)14-9-15(18)11-6-2-4-8-13(11)17-14/h1-8,14,17H,9H2. The van der Waals surface area contributed by atoms with Crippen LogP contribution in [0.15, 0.2) is 53.0 Å². The van der Waals surface area contributed by atoms with Crippen molar-refractivity contribution in [1.29, 1.82) is 0 Å². The predicted octanol–water partition coefficient (Wildman–Crippen LogP) is 4.19. The van der Waals surface area contributed by atoms with E-state index in [1.54, 1.807) is 0 Å². The molecule has 1 unspecified atom stereocenters. The first kappa shape index (κ1) is 11.5. The van der Waals surface area contributed by atoms with E-state index in [0.717, 1.165) is 21.3 Å². The van der Waals surface area contributed by atoms with Crippen LogP contribution in [-0.2, 0) is 0 Å². The van der Waals surface area contributed by atoms with Crippen molar-refractivity contribution in [3.8, 4) is 0 Å². The molecule has 3 rings (SSSR count). The van der Waals surface area contributed by atoms with Crippen molar-refractivity contribution in [2.24, 2.45) is 0 Å². The molecule has 2 aromatic carbocycles. The summed E-state index contributed by atoms with van der Waals surface area (Å²) in [5, 5.41) is 3.43. The summed E-state index contributed by atoms with van der Waals surface area (Å²) in [6.45, 7) is 0. The molecule has 2 nitrogen and oxygen atoms in total. The highest BCUT2D eigenvalue weighted by molar-refractivity contribution is 9.10. The Kier molecular flexibility index (Phi) is 2.92. The van der Waals surface area contributed by atoms with Crippen molar-refractivity contribution >= 4 is 27.4 Å². The largest absolute Gasteiger partial charge is 0.377 e. The van der Waals surface area contributed by atoms with Gasteiger partial charge in [-0.05, 0) is 23.8 Å². The fourth-order valence-corrected chi connectivity index (χ4v) is 2.89. The quantitative estimate of drug-likeness (QED) is 0.856. The van der Waals surface area contributed by atoms with Crippen molar-refractivity contribution in [2.45, 2.75) is 12.5 Å². The number of fused-ring (bicyclic) bond motifs is 1. The van der Waals surface area contributed by atoms with Crippen LogP contribution in [0.4, 0.5) is 5.69 Å². The minimum atomic E-state index is 0.0444. The van der Waals surface area contributed by atoms with Crippen molar-refractivity contribution in [1.82, 2.24) is 0 Å². The molecule has 0 amide bonds. The van der Waals surface area contributed by atoms with Gasteiger partial charge in [0.15, 0.2) is 5.78 Å². The molecular formula is C15H12BrNO. The minimum Gasteiger partial charge on any atom is -0.377 e. The Balaban J connectivity index is 2.00. The van der Waals surface area contributed by atoms with Crippen molar-refractivity contribution in [3.63, 3.8) is 0 Å². The number of para-hydroxylation sites is 1. The number of carbonyl (C=O) groups excluding carboxylic acids is 1. The zero-order valence-corrected chi connectivity index (χ0v) is 11.3. The van der Waals surface area contributed by atoms with E-state index in [4.69, 9.17) is 0 Å². The maximum Gasteiger partial charge on any atom is 0.167 e. The van der Waals surface area contributed by atoms with Gasteiger partial charge in [-0.15, -0.1) is 0 Å². The van der Waals surface area contributed by atoms with Gasteiger partial charge in [0.25, 0.3) is 0 Å². The third-order valence-corrected chi connectivity index (χ3v) is 3.95. The van der Waals surface area contributed by atoms with Gasteiger partial charge >= 0.3 is 0 Å². The van der Waals surface area contributed by atoms with Crippen LogP contribution in [0.25, 0.3) is 0 Å². The number of hydrogen-bond acceptors (Lipinski definition) is 2. The normalized spacial score (nSPS) is 18.1. The van der Waals surface area contributed by atoms with Crippen LogP contribution in [0.1, 0.15) is 28.4 Å². The lowest BCUT2D eigenvalue weighted by Crippen LogP contribution is -2.22. The number of ketones is 1. The molecule has 0 saturated carbocycles. The van der Waals surface area contributed by atoms with Crippen LogP contribution in [-0.4, -0.2) is 5.78 Å². The molecule has 1 atom stereocenters. The molecule has 1 heterocycles. The van der Waals surface area contributed by atoms with Gasteiger partial charge in [-0.1, -0.05) is 46.3 Å². The third kappa shape index (κ3) is 1.95. The number of nitrogens with one attached hydrogen (secondary N) is 1. The Morgan fingerprint density at radius 3 is 2.61 bits per heavy atom. The average molecular weight is 302 g/mol. The smallest absolute Gasteiger partial charge is 0.167 e. The highest BCUT2D eigenvalue weighted by Crippen LogP contribution is 2.35. The van der Waals surface area contributed by atoms with E-state index in [2.05, 4.69) is 21.2 Å². The lowest BCUT2D eigenvalue weighted by atomic mass is 9.92. The molecule has 0 fully saturated rings. The highest BCUT2D eigenvalue weighted by atomic mass is 79.9. The summed E-state index contributed by atoms with van der Waals surface area (Å²) in [5.41, 5.74) is 2.84. The van der Waals surface area contributed by atoms with Crippen LogP contribution >= 0.6 is 15.9 Å². The number of carbonyl (C=O) groups is 1. The van der Waals surface area contributed by atoms with E-state index in [9.17, 15) is 4.79 Å². The Labute approximate surface area is 114 Å². The molecule has 90 valence electrons.